The number of benzene rings is 2. The number of nitrogens with zero attached hydrogens (tertiary/aromatic N) is 1. The van der Waals surface area contributed by atoms with Gasteiger partial charge in [0.05, 0.1) is 13.2 Å². The highest BCUT2D eigenvalue weighted by Crippen LogP contribution is 2.29. The first kappa shape index (κ1) is 25.2. The Bertz CT molecular complexity index is 1090. The number of methoxy groups -OCH3 is 2. The van der Waals surface area contributed by atoms with Gasteiger partial charge >= 0.3 is 0 Å². The molecule has 2 amide bonds. The molecule has 9 nitrogen and oxygen atoms in total. The Labute approximate surface area is 202 Å². The Hall–Kier alpha value is -3.47. The van der Waals surface area contributed by atoms with E-state index < -0.39 is 0 Å². The average Bonchev–Trinajstić information content (AvgIpc) is 3.32. The van der Waals surface area contributed by atoms with Gasteiger partial charge in [-0.25, -0.2) is 4.98 Å². The van der Waals surface area contributed by atoms with E-state index in [0.29, 0.717) is 53.3 Å². The highest BCUT2D eigenvalue weighted by atomic mass is 32.1. The minimum atomic E-state index is -0.351. The van der Waals surface area contributed by atoms with Crippen LogP contribution in [0.1, 0.15) is 27.6 Å². The summed E-state index contributed by atoms with van der Waals surface area (Å²) in [5.41, 5.74) is 0.775. The third-order valence-electron chi connectivity index (χ3n) is 4.46. The van der Waals surface area contributed by atoms with Crippen molar-refractivity contribution < 1.29 is 28.5 Å². The summed E-state index contributed by atoms with van der Waals surface area (Å²) in [5.74, 6) is 0.670. The molecule has 2 aromatic carbocycles. The van der Waals surface area contributed by atoms with E-state index in [1.54, 1.807) is 68.3 Å². The zero-order valence-corrected chi connectivity index (χ0v) is 20.0. The molecular formula is C24H27N3O6S. The van der Waals surface area contributed by atoms with Gasteiger partial charge in [0.15, 0.2) is 5.13 Å². The Morgan fingerprint density at radius 3 is 2.53 bits per heavy atom. The number of nitrogens with one attached hydrogen (secondary N) is 2. The largest absolute Gasteiger partial charge is 0.488 e. The maximum Gasteiger partial charge on any atom is 0.257 e. The van der Waals surface area contributed by atoms with Gasteiger partial charge in [0.2, 0.25) is 0 Å². The average molecular weight is 486 g/mol. The summed E-state index contributed by atoms with van der Waals surface area (Å²) in [6.07, 6.45) is 1.37. The Balaban J connectivity index is 1.82. The summed E-state index contributed by atoms with van der Waals surface area (Å²) >= 11 is 1.32. The number of rotatable bonds is 12. The third-order valence-corrected chi connectivity index (χ3v) is 5.15. The number of anilines is 1. The van der Waals surface area contributed by atoms with Crippen LogP contribution in [0.3, 0.4) is 0 Å². The van der Waals surface area contributed by atoms with Crippen LogP contribution >= 0.6 is 11.3 Å². The Kier molecular flexibility index (Phi) is 9.39. The second-order valence-electron chi connectivity index (χ2n) is 7.25. The van der Waals surface area contributed by atoms with Gasteiger partial charge < -0.3 is 24.3 Å². The normalized spacial score (nSPS) is 11.5. The van der Waals surface area contributed by atoms with Gasteiger partial charge in [0.25, 0.3) is 11.8 Å². The summed E-state index contributed by atoms with van der Waals surface area (Å²) in [6.45, 7) is 3.06. The van der Waals surface area contributed by atoms with Gasteiger partial charge in [-0.05, 0) is 37.3 Å². The first-order chi connectivity index (χ1) is 16.5. The predicted octanol–water partition coefficient (Wildman–Crippen LogP) is 3.98. The quantitative estimate of drug-likeness (QED) is 0.374. The first-order valence-corrected chi connectivity index (χ1v) is 11.4. The molecule has 0 radical (unpaired) electrons. The fourth-order valence-corrected chi connectivity index (χ4v) is 3.51. The fraction of sp³-hybridized carbons (Fsp3) is 0.292. The molecule has 0 aliphatic carbocycles. The van der Waals surface area contributed by atoms with Crippen molar-refractivity contribution in [2.24, 2.45) is 0 Å². The molecule has 1 heterocycles. The molecule has 1 aromatic heterocycles. The number of hydrogen-bond donors (Lipinski definition) is 2. The summed E-state index contributed by atoms with van der Waals surface area (Å²) < 4.78 is 22.0. The van der Waals surface area contributed by atoms with Crippen molar-refractivity contribution in [2.75, 3.05) is 39.3 Å². The highest BCUT2D eigenvalue weighted by molar-refractivity contribution is 7.13. The summed E-state index contributed by atoms with van der Waals surface area (Å²) in [7, 11) is 3.16. The molecule has 34 heavy (non-hydrogen) atoms. The molecule has 180 valence electrons. The molecule has 0 fully saturated rings. The van der Waals surface area contributed by atoms with E-state index in [9.17, 15) is 9.59 Å². The molecule has 1 atom stereocenters. The number of amides is 2. The van der Waals surface area contributed by atoms with E-state index >= 15 is 0 Å². The molecule has 0 aliphatic rings. The minimum Gasteiger partial charge on any atom is -0.488 e. The standard InChI is InChI=1S/C24H27N3O6S/c1-16(15-31-3)32-20-12-18(23(29)27-24-26-8-10-34-24)13-21(14-20)33-19-6-4-5-17(11-19)22(28)25-7-9-30-2/h4-6,8,10-14,16H,7,9,15H2,1-3H3,(H,25,28)(H,26,27,29)/t16-/m0/s1. The van der Waals surface area contributed by atoms with Crippen molar-refractivity contribution in [3.63, 3.8) is 0 Å². The highest BCUT2D eigenvalue weighted by Gasteiger charge is 2.15. The zero-order chi connectivity index (χ0) is 24.3. The van der Waals surface area contributed by atoms with E-state index in [4.69, 9.17) is 18.9 Å². The lowest BCUT2D eigenvalue weighted by Gasteiger charge is -2.16. The topological polar surface area (TPSA) is 108 Å². The van der Waals surface area contributed by atoms with Crippen molar-refractivity contribution in [1.82, 2.24) is 10.3 Å². The number of thiazole rings is 1. The number of ether oxygens (including phenoxy) is 4. The maximum absolute atomic E-state index is 12.8. The lowest BCUT2D eigenvalue weighted by molar-refractivity contribution is 0.0915. The van der Waals surface area contributed by atoms with Crippen LogP contribution in [0.5, 0.6) is 17.2 Å². The van der Waals surface area contributed by atoms with Gasteiger partial charge in [0, 0.05) is 49.5 Å². The second kappa shape index (κ2) is 12.7. The fourth-order valence-electron chi connectivity index (χ4n) is 2.99. The second-order valence-corrected chi connectivity index (χ2v) is 8.14. The van der Waals surface area contributed by atoms with Crippen molar-refractivity contribution in [3.8, 4) is 17.2 Å². The van der Waals surface area contributed by atoms with Crippen molar-refractivity contribution in [3.05, 3.63) is 65.2 Å². The Morgan fingerprint density at radius 1 is 1.00 bits per heavy atom. The number of carbonyl (C=O) groups excluding carboxylic acids is 2. The monoisotopic (exact) mass is 485 g/mol. The zero-order valence-electron chi connectivity index (χ0n) is 19.2. The molecule has 0 aliphatic heterocycles. The van der Waals surface area contributed by atoms with Crippen molar-refractivity contribution >= 4 is 28.3 Å². The predicted molar refractivity (Wildman–Crippen MR) is 129 cm³/mol. The Morgan fingerprint density at radius 2 is 1.79 bits per heavy atom. The van der Waals surface area contributed by atoms with Gasteiger partial charge in [-0.15, -0.1) is 11.3 Å². The summed E-state index contributed by atoms with van der Waals surface area (Å²) in [5, 5.41) is 7.78. The smallest absolute Gasteiger partial charge is 0.257 e. The van der Waals surface area contributed by atoms with Gasteiger partial charge in [-0.2, -0.15) is 0 Å². The molecule has 0 unspecified atom stereocenters. The van der Waals surface area contributed by atoms with Crippen LogP contribution in [0.4, 0.5) is 5.13 Å². The number of hydrogen-bond acceptors (Lipinski definition) is 8. The summed E-state index contributed by atoms with van der Waals surface area (Å²) in [4.78, 5) is 29.2. The van der Waals surface area contributed by atoms with E-state index in [1.165, 1.54) is 11.3 Å². The molecule has 3 rings (SSSR count). The lowest BCUT2D eigenvalue weighted by atomic mass is 10.1. The van der Waals surface area contributed by atoms with Crippen LogP contribution in [0.15, 0.2) is 54.0 Å². The minimum absolute atomic E-state index is 0.239. The molecule has 2 N–H and O–H groups in total. The number of carbonyl (C=O) groups is 2. The van der Waals surface area contributed by atoms with Gasteiger partial charge in [-0.1, -0.05) is 6.07 Å². The van der Waals surface area contributed by atoms with Crippen LogP contribution in [-0.2, 0) is 9.47 Å². The van der Waals surface area contributed by atoms with Crippen LogP contribution in [0.2, 0.25) is 0 Å². The van der Waals surface area contributed by atoms with Crippen LogP contribution < -0.4 is 20.1 Å². The first-order valence-electron chi connectivity index (χ1n) is 10.5. The molecule has 0 saturated heterocycles. The molecule has 0 bridgehead atoms. The SMILES string of the molecule is COCCNC(=O)c1cccc(Oc2cc(O[C@@H](C)COC)cc(C(=O)Nc3nccs3)c2)c1. The molecular weight excluding hydrogens is 458 g/mol. The molecule has 0 spiro atoms. The van der Waals surface area contributed by atoms with Gasteiger partial charge in [-0.3, -0.25) is 14.9 Å². The van der Waals surface area contributed by atoms with Gasteiger partial charge in [0.1, 0.15) is 23.4 Å². The lowest BCUT2D eigenvalue weighted by Crippen LogP contribution is -2.26. The van der Waals surface area contributed by atoms with Crippen molar-refractivity contribution in [2.45, 2.75) is 13.0 Å². The van der Waals surface area contributed by atoms with Crippen LogP contribution in [-0.4, -0.2) is 56.9 Å². The van der Waals surface area contributed by atoms with Crippen molar-refractivity contribution in [1.29, 1.82) is 0 Å². The summed E-state index contributed by atoms with van der Waals surface area (Å²) in [6, 6.07) is 11.7. The molecule has 3 aromatic rings. The number of aromatic nitrogens is 1. The molecule has 10 heteroatoms. The van der Waals surface area contributed by atoms with E-state index in [1.807, 2.05) is 6.92 Å². The third kappa shape index (κ3) is 7.55. The molecule has 0 saturated carbocycles. The maximum atomic E-state index is 12.8. The van der Waals surface area contributed by atoms with Crippen LogP contribution in [0.25, 0.3) is 0 Å². The van der Waals surface area contributed by atoms with E-state index in [0.717, 1.165) is 0 Å². The van der Waals surface area contributed by atoms with Crippen LogP contribution in [0, 0.1) is 0 Å². The van der Waals surface area contributed by atoms with E-state index in [2.05, 4.69) is 15.6 Å². The van der Waals surface area contributed by atoms with E-state index in [-0.39, 0.29) is 17.9 Å².